The van der Waals surface area contributed by atoms with Crippen molar-refractivity contribution >= 4 is 35.0 Å². The SMILES string of the molecule is N#CC1=C(N)Oc2cc(OC(=O)/C=C/c3ccccc3Cl)ccc2C1c1cccs1. The van der Waals surface area contributed by atoms with Crippen molar-refractivity contribution in [1.82, 2.24) is 0 Å². The number of nitriles is 1. The Bertz CT molecular complexity index is 1210. The lowest BCUT2D eigenvalue weighted by Gasteiger charge is -2.25. The van der Waals surface area contributed by atoms with Crippen molar-refractivity contribution < 1.29 is 14.3 Å². The number of nitrogens with two attached hydrogens (primary N) is 1. The topological polar surface area (TPSA) is 85.3 Å². The van der Waals surface area contributed by atoms with Gasteiger partial charge in [-0.15, -0.1) is 11.3 Å². The lowest BCUT2D eigenvalue weighted by molar-refractivity contribution is -0.128. The van der Waals surface area contributed by atoms with Crippen LogP contribution >= 0.6 is 22.9 Å². The molecule has 1 aromatic heterocycles. The Balaban J connectivity index is 1.58. The molecule has 4 rings (SSSR count). The van der Waals surface area contributed by atoms with Crippen molar-refractivity contribution in [2.45, 2.75) is 5.92 Å². The van der Waals surface area contributed by atoms with Crippen LogP contribution in [0.25, 0.3) is 6.08 Å². The molecule has 0 radical (unpaired) electrons. The largest absolute Gasteiger partial charge is 0.440 e. The predicted molar refractivity (Wildman–Crippen MR) is 116 cm³/mol. The fourth-order valence-electron chi connectivity index (χ4n) is 3.17. The van der Waals surface area contributed by atoms with E-state index in [9.17, 15) is 10.1 Å². The first-order chi connectivity index (χ1) is 14.6. The summed E-state index contributed by atoms with van der Waals surface area (Å²) in [5, 5.41) is 12.0. The zero-order chi connectivity index (χ0) is 21.1. The van der Waals surface area contributed by atoms with E-state index in [0.29, 0.717) is 27.7 Å². The first-order valence-electron chi connectivity index (χ1n) is 8.96. The Kier molecular flexibility index (Phi) is 5.57. The van der Waals surface area contributed by atoms with Crippen molar-refractivity contribution in [3.8, 4) is 17.6 Å². The minimum atomic E-state index is -0.554. The fraction of sp³-hybridized carbons (Fsp3) is 0.0435. The molecular formula is C23H15ClN2O3S. The summed E-state index contributed by atoms with van der Waals surface area (Å²) in [5.74, 6) is -0.0678. The summed E-state index contributed by atoms with van der Waals surface area (Å²) in [6, 6.07) is 18.2. The fourth-order valence-corrected chi connectivity index (χ4v) is 4.22. The summed E-state index contributed by atoms with van der Waals surface area (Å²) in [4.78, 5) is 13.2. The molecule has 2 N–H and O–H groups in total. The van der Waals surface area contributed by atoms with Crippen molar-refractivity contribution in [1.29, 1.82) is 5.26 Å². The second kappa shape index (κ2) is 8.46. The van der Waals surface area contributed by atoms with Gasteiger partial charge < -0.3 is 15.2 Å². The van der Waals surface area contributed by atoms with Gasteiger partial charge in [0.2, 0.25) is 5.88 Å². The molecule has 1 atom stereocenters. The maximum atomic E-state index is 12.2. The van der Waals surface area contributed by atoms with Gasteiger partial charge in [0.15, 0.2) is 0 Å². The molecule has 2 aromatic carbocycles. The van der Waals surface area contributed by atoms with Gasteiger partial charge in [0.25, 0.3) is 0 Å². The second-order valence-corrected chi connectivity index (χ2v) is 7.80. The van der Waals surface area contributed by atoms with Crippen molar-refractivity contribution in [3.63, 3.8) is 0 Å². The number of ether oxygens (including phenoxy) is 2. The molecule has 30 heavy (non-hydrogen) atoms. The number of fused-ring (bicyclic) bond motifs is 1. The van der Waals surface area contributed by atoms with E-state index >= 15 is 0 Å². The van der Waals surface area contributed by atoms with Crippen molar-refractivity contribution in [3.05, 3.63) is 98.5 Å². The van der Waals surface area contributed by atoms with Crippen LogP contribution < -0.4 is 15.2 Å². The van der Waals surface area contributed by atoms with Gasteiger partial charge in [0.1, 0.15) is 23.1 Å². The van der Waals surface area contributed by atoms with Crippen molar-refractivity contribution in [2.75, 3.05) is 0 Å². The summed E-state index contributed by atoms with van der Waals surface area (Å²) in [6.45, 7) is 0. The van der Waals surface area contributed by atoms with Crippen LogP contribution in [0.1, 0.15) is 21.9 Å². The minimum Gasteiger partial charge on any atom is -0.440 e. The Hall–Kier alpha value is -3.53. The van der Waals surface area contributed by atoms with E-state index in [-0.39, 0.29) is 11.8 Å². The number of allylic oxidation sites excluding steroid dienone is 1. The Morgan fingerprint density at radius 1 is 1.23 bits per heavy atom. The van der Waals surface area contributed by atoms with E-state index in [1.807, 2.05) is 29.6 Å². The Morgan fingerprint density at radius 2 is 2.07 bits per heavy atom. The molecule has 0 fully saturated rings. The molecule has 1 unspecified atom stereocenters. The number of carbonyl (C=O) groups is 1. The van der Waals surface area contributed by atoms with Gasteiger partial charge in [-0.3, -0.25) is 0 Å². The van der Waals surface area contributed by atoms with E-state index in [1.165, 1.54) is 17.4 Å². The highest BCUT2D eigenvalue weighted by atomic mass is 35.5. The second-order valence-electron chi connectivity index (χ2n) is 6.42. The lowest BCUT2D eigenvalue weighted by atomic mass is 9.88. The van der Waals surface area contributed by atoms with Crippen LogP contribution in [0.2, 0.25) is 5.02 Å². The number of carbonyl (C=O) groups excluding carboxylic acids is 1. The van der Waals surface area contributed by atoms with Crippen molar-refractivity contribution in [2.24, 2.45) is 5.73 Å². The number of halogens is 1. The van der Waals surface area contributed by atoms with Gasteiger partial charge in [-0.05, 0) is 35.2 Å². The zero-order valence-corrected chi connectivity index (χ0v) is 17.1. The van der Waals surface area contributed by atoms with E-state index in [2.05, 4.69) is 6.07 Å². The number of benzene rings is 2. The van der Waals surface area contributed by atoms with Crippen LogP contribution in [0, 0.1) is 11.3 Å². The highest BCUT2D eigenvalue weighted by Crippen LogP contribution is 2.44. The molecule has 0 bridgehead atoms. The summed E-state index contributed by atoms with van der Waals surface area (Å²) < 4.78 is 11.0. The third-order valence-corrected chi connectivity index (χ3v) is 5.82. The van der Waals surface area contributed by atoms with Gasteiger partial charge >= 0.3 is 5.97 Å². The van der Waals surface area contributed by atoms with Crippen LogP contribution in [0.3, 0.4) is 0 Å². The molecule has 1 aliphatic rings. The van der Waals surface area contributed by atoms with Crippen LogP contribution in [0.15, 0.2) is 77.5 Å². The van der Waals surface area contributed by atoms with E-state index in [4.69, 9.17) is 26.8 Å². The van der Waals surface area contributed by atoms with Crippen LogP contribution in [0.4, 0.5) is 0 Å². The summed E-state index contributed by atoms with van der Waals surface area (Å²) in [7, 11) is 0. The predicted octanol–water partition coefficient (Wildman–Crippen LogP) is 5.24. The van der Waals surface area contributed by atoms with Gasteiger partial charge in [0, 0.05) is 27.6 Å². The number of hydrogen-bond acceptors (Lipinski definition) is 6. The van der Waals surface area contributed by atoms with Gasteiger partial charge in [0.05, 0.1) is 5.92 Å². The molecule has 0 saturated heterocycles. The molecular weight excluding hydrogens is 420 g/mol. The first-order valence-corrected chi connectivity index (χ1v) is 10.2. The quantitative estimate of drug-likeness (QED) is 0.345. The highest BCUT2D eigenvalue weighted by molar-refractivity contribution is 7.10. The molecule has 0 amide bonds. The highest BCUT2D eigenvalue weighted by Gasteiger charge is 2.31. The lowest BCUT2D eigenvalue weighted by Crippen LogP contribution is -2.20. The van der Waals surface area contributed by atoms with Crippen LogP contribution in [-0.4, -0.2) is 5.97 Å². The van der Waals surface area contributed by atoms with Crippen LogP contribution in [0.5, 0.6) is 11.5 Å². The molecule has 3 aromatic rings. The molecule has 0 saturated carbocycles. The van der Waals surface area contributed by atoms with E-state index in [0.717, 1.165) is 10.4 Å². The third kappa shape index (κ3) is 3.94. The minimum absolute atomic E-state index is 0.0468. The summed E-state index contributed by atoms with van der Waals surface area (Å²) in [5.41, 5.74) is 7.85. The monoisotopic (exact) mass is 434 g/mol. The summed E-state index contributed by atoms with van der Waals surface area (Å²) >= 11 is 7.62. The Morgan fingerprint density at radius 3 is 2.80 bits per heavy atom. The summed E-state index contributed by atoms with van der Waals surface area (Å²) in [6.07, 6.45) is 2.89. The molecule has 7 heteroatoms. The zero-order valence-electron chi connectivity index (χ0n) is 15.5. The van der Waals surface area contributed by atoms with Crippen LogP contribution in [-0.2, 0) is 4.79 Å². The standard InChI is InChI=1S/C23H15ClN2O3S/c24-18-5-2-1-4-14(18)7-10-21(27)28-15-8-9-16-19(12-15)29-23(26)17(13-25)22(16)20-6-3-11-30-20/h1-12,22H,26H2/b10-7+. The number of esters is 1. The molecule has 148 valence electrons. The van der Waals surface area contributed by atoms with E-state index < -0.39 is 5.97 Å². The molecule has 1 aliphatic heterocycles. The third-order valence-electron chi connectivity index (χ3n) is 4.54. The maximum absolute atomic E-state index is 12.2. The number of nitrogens with zero attached hydrogens (tertiary/aromatic N) is 1. The van der Waals surface area contributed by atoms with E-state index in [1.54, 1.807) is 36.4 Å². The Labute approximate surface area is 182 Å². The molecule has 0 aliphatic carbocycles. The number of hydrogen-bond donors (Lipinski definition) is 1. The van der Waals surface area contributed by atoms with Gasteiger partial charge in [-0.1, -0.05) is 41.9 Å². The normalized spacial score (nSPS) is 15.4. The number of thiophene rings is 1. The first kappa shape index (κ1) is 19.8. The smallest absolute Gasteiger partial charge is 0.336 e. The average Bonchev–Trinajstić information content (AvgIpc) is 3.26. The maximum Gasteiger partial charge on any atom is 0.336 e. The molecule has 2 heterocycles. The average molecular weight is 435 g/mol. The van der Waals surface area contributed by atoms with Gasteiger partial charge in [-0.2, -0.15) is 5.26 Å². The molecule has 5 nitrogen and oxygen atoms in total. The van der Waals surface area contributed by atoms with Gasteiger partial charge in [-0.25, -0.2) is 4.79 Å². The molecule has 0 spiro atoms. The number of rotatable bonds is 4.